The summed E-state index contributed by atoms with van der Waals surface area (Å²) >= 11 is 0. The lowest BCUT2D eigenvalue weighted by Crippen LogP contribution is -2.57. The number of ether oxygens (including phenoxy) is 1. The zero-order valence-electron chi connectivity index (χ0n) is 5.84. The third-order valence-corrected chi connectivity index (χ3v) is 2.46. The third kappa shape index (κ3) is 0.700. The van der Waals surface area contributed by atoms with Crippen molar-refractivity contribution in [2.24, 2.45) is 0 Å². The molecule has 0 aliphatic carbocycles. The predicted molar refractivity (Wildman–Crippen MR) is 35.4 cm³/mol. The van der Waals surface area contributed by atoms with E-state index in [1.807, 2.05) is 0 Å². The zero-order valence-corrected chi connectivity index (χ0v) is 5.84. The van der Waals surface area contributed by atoms with E-state index in [0.29, 0.717) is 6.10 Å². The molecule has 0 aromatic rings. The molecular weight excluding hydrogens is 114 g/mol. The van der Waals surface area contributed by atoms with E-state index in [-0.39, 0.29) is 0 Å². The van der Waals surface area contributed by atoms with E-state index in [4.69, 9.17) is 4.74 Å². The van der Waals surface area contributed by atoms with Crippen molar-refractivity contribution in [2.45, 2.75) is 25.5 Å². The van der Waals surface area contributed by atoms with Gasteiger partial charge in [0.15, 0.2) is 0 Å². The number of hydrogen-bond donors (Lipinski definition) is 0. The lowest BCUT2D eigenvalue weighted by Gasteiger charge is -2.42. The first-order valence-electron chi connectivity index (χ1n) is 3.77. The van der Waals surface area contributed by atoms with E-state index >= 15 is 0 Å². The van der Waals surface area contributed by atoms with Crippen LogP contribution in [-0.4, -0.2) is 36.7 Å². The molecule has 2 nitrogen and oxygen atoms in total. The predicted octanol–water partition coefficient (Wildman–Crippen LogP) is 0.479. The van der Waals surface area contributed by atoms with Crippen LogP contribution in [0.2, 0.25) is 0 Å². The standard InChI is InChI=1S/C7H13NO/c1-2-8-5-7-6(8)3-4-9-7/h6-7H,2-5H2,1H3/t6-,7?/m0/s1. The molecule has 2 aliphatic heterocycles. The summed E-state index contributed by atoms with van der Waals surface area (Å²) in [5, 5.41) is 0. The molecule has 2 heteroatoms. The van der Waals surface area contributed by atoms with E-state index in [1.54, 1.807) is 0 Å². The summed E-state index contributed by atoms with van der Waals surface area (Å²) in [7, 11) is 0. The molecule has 9 heavy (non-hydrogen) atoms. The highest BCUT2D eigenvalue weighted by atomic mass is 16.5. The first-order valence-corrected chi connectivity index (χ1v) is 3.77. The van der Waals surface area contributed by atoms with Gasteiger partial charge < -0.3 is 4.74 Å². The first-order chi connectivity index (χ1) is 4.42. The van der Waals surface area contributed by atoms with Crippen LogP contribution in [0.4, 0.5) is 0 Å². The molecule has 0 radical (unpaired) electrons. The number of fused-ring (bicyclic) bond motifs is 1. The number of rotatable bonds is 1. The molecule has 0 N–H and O–H groups in total. The molecule has 0 amide bonds. The van der Waals surface area contributed by atoms with Crippen molar-refractivity contribution in [3.8, 4) is 0 Å². The van der Waals surface area contributed by atoms with Crippen LogP contribution >= 0.6 is 0 Å². The smallest absolute Gasteiger partial charge is 0.0857 e. The Morgan fingerprint density at radius 2 is 2.56 bits per heavy atom. The lowest BCUT2D eigenvalue weighted by molar-refractivity contribution is -0.0363. The van der Waals surface area contributed by atoms with E-state index in [9.17, 15) is 0 Å². The Labute approximate surface area is 55.8 Å². The molecule has 0 aromatic carbocycles. The lowest BCUT2D eigenvalue weighted by atomic mass is 9.99. The molecule has 2 saturated heterocycles. The summed E-state index contributed by atoms with van der Waals surface area (Å²) in [5.41, 5.74) is 0. The van der Waals surface area contributed by atoms with Crippen LogP contribution in [0.25, 0.3) is 0 Å². The Hall–Kier alpha value is -0.0800. The topological polar surface area (TPSA) is 12.5 Å². The van der Waals surface area contributed by atoms with Crippen molar-refractivity contribution in [3.63, 3.8) is 0 Å². The zero-order chi connectivity index (χ0) is 6.27. The molecule has 2 heterocycles. The van der Waals surface area contributed by atoms with E-state index in [1.165, 1.54) is 19.5 Å². The molecule has 2 fully saturated rings. The van der Waals surface area contributed by atoms with Crippen molar-refractivity contribution in [1.82, 2.24) is 4.90 Å². The minimum Gasteiger partial charge on any atom is -0.375 e. The van der Waals surface area contributed by atoms with Crippen LogP contribution in [0.3, 0.4) is 0 Å². The summed E-state index contributed by atoms with van der Waals surface area (Å²) in [6, 6.07) is 0.787. The highest BCUT2D eigenvalue weighted by Gasteiger charge is 2.41. The maximum absolute atomic E-state index is 5.44. The molecule has 1 unspecified atom stereocenters. The molecule has 2 aliphatic rings. The monoisotopic (exact) mass is 127 g/mol. The van der Waals surface area contributed by atoms with Gasteiger partial charge in [-0.15, -0.1) is 0 Å². The second-order valence-corrected chi connectivity index (χ2v) is 2.85. The van der Waals surface area contributed by atoms with Crippen molar-refractivity contribution >= 4 is 0 Å². The van der Waals surface area contributed by atoms with Gasteiger partial charge in [-0.1, -0.05) is 6.92 Å². The molecule has 52 valence electrons. The Bertz CT molecular complexity index is 115. The van der Waals surface area contributed by atoms with Crippen LogP contribution in [0.15, 0.2) is 0 Å². The van der Waals surface area contributed by atoms with E-state index < -0.39 is 0 Å². The summed E-state index contributed by atoms with van der Waals surface area (Å²) in [4.78, 5) is 2.48. The SMILES string of the molecule is CCN1CC2OCC[C@@H]21. The van der Waals surface area contributed by atoms with Gasteiger partial charge in [0.25, 0.3) is 0 Å². The van der Waals surface area contributed by atoms with Gasteiger partial charge in [0.1, 0.15) is 0 Å². The molecule has 2 atom stereocenters. The highest BCUT2D eigenvalue weighted by molar-refractivity contribution is 4.95. The van der Waals surface area contributed by atoms with Gasteiger partial charge in [0.05, 0.1) is 6.10 Å². The van der Waals surface area contributed by atoms with Gasteiger partial charge in [-0.05, 0) is 13.0 Å². The molecule has 0 spiro atoms. The number of hydrogen-bond acceptors (Lipinski definition) is 2. The number of likely N-dealkylation sites (N-methyl/N-ethyl adjacent to an activating group) is 1. The fourth-order valence-corrected chi connectivity index (χ4v) is 1.82. The molecular formula is C7H13NO. The van der Waals surface area contributed by atoms with Gasteiger partial charge >= 0.3 is 0 Å². The van der Waals surface area contributed by atoms with Crippen LogP contribution < -0.4 is 0 Å². The number of nitrogens with zero attached hydrogens (tertiary/aromatic N) is 1. The second-order valence-electron chi connectivity index (χ2n) is 2.85. The van der Waals surface area contributed by atoms with Crippen molar-refractivity contribution in [1.29, 1.82) is 0 Å². The summed E-state index contributed by atoms with van der Waals surface area (Å²) in [5.74, 6) is 0. The largest absolute Gasteiger partial charge is 0.375 e. The second kappa shape index (κ2) is 1.96. The highest BCUT2D eigenvalue weighted by Crippen LogP contribution is 2.28. The summed E-state index contributed by atoms with van der Waals surface area (Å²) in [6.45, 7) is 5.59. The average Bonchev–Trinajstić information content (AvgIpc) is 2.14. The molecule has 0 aromatic heterocycles. The minimum atomic E-state index is 0.602. The van der Waals surface area contributed by atoms with Crippen molar-refractivity contribution in [2.75, 3.05) is 19.7 Å². The van der Waals surface area contributed by atoms with E-state index in [2.05, 4.69) is 11.8 Å². The van der Waals surface area contributed by atoms with Crippen LogP contribution in [0, 0.1) is 0 Å². The van der Waals surface area contributed by atoms with Crippen molar-refractivity contribution < 1.29 is 4.74 Å². The minimum absolute atomic E-state index is 0.602. The van der Waals surface area contributed by atoms with Gasteiger partial charge in [-0.25, -0.2) is 0 Å². The van der Waals surface area contributed by atoms with Crippen LogP contribution in [-0.2, 0) is 4.74 Å². The molecule has 0 saturated carbocycles. The van der Waals surface area contributed by atoms with Gasteiger partial charge in [-0.2, -0.15) is 0 Å². The Kier molecular flexibility index (Phi) is 1.24. The van der Waals surface area contributed by atoms with Crippen LogP contribution in [0.5, 0.6) is 0 Å². The Morgan fingerprint density at radius 1 is 1.67 bits per heavy atom. The summed E-state index contributed by atoms with van der Waals surface area (Å²) in [6.07, 6.45) is 1.86. The molecule has 2 rings (SSSR count). The maximum atomic E-state index is 5.44. The third-order valence-electron chi connectivity index (χ3n) is 2.46. The van der Waals surface area contributed by atoms with Gasteiger partial charge in [0, 0.05) is 19.2 Å². The summed E-state index contributed by atoms with van der Waals surface area (Å²) < 4.78 is 5.44. The number of likely N-dealkylation sites (tertiary alicyclic amines) is 1. The maximum Gasteiger partial charge on any atom is 0.0857 e. The average molecular weight is 127 g/mol. The normalized spacial score (nSPS) is 42.3. The van der Waals surface area contributed by atoms with Gasteiger partial charge in [-0.3, -0.25) is 4.90 Å². The quantitative estimate of drug-likeness (QED) is 0.508. The molecule has 0 bridgehead atoms. The fraction of sp³-hybridized carbons (Fsp3) is 1.00. The van der Waals surface area contributed by atoms with E-state index in [0.717, 1.165) is 12.6 Å². The van der Waals surface area contributed by atoms with Crippen LogP contribution in [0.1, 0.15) is 13.3 Å². The Balaban J connectivity index is 1.93. The van der Waals surface area contributed by atoms with Crippen molar-refractivity contribution in [3.05, 3.63) is 0 Å². The Morgan fingerprint density at radius 3 is 3.22 bits per heavy atom. The van der Waals surface area contributed by atoms with Gasteiger partial charge in [0.2, 0.25) is 0 Å². The first kappa shape index (κ1) is 5.69. The fourth-order valence-electron chi connectivity index (χ4n) is 1.82.